The molecule has 0 aromatic heterocycles. The van der Waals surface area contributed by atoms with Crippen LogP contribution >= 0.6 is 0 Å². The lowest BCUT2D eigenvalue weighted by atomic mass is 10.1. The van der Waals surface area contributed by atoms with E-state index in [1.54, 1.807) is 12.1 Å². The van der Waals surface area contributed by atoms with Crippen LogP contribution in [-0.2, 0) is 4.74 Å². The number of nitrogens with one attached hydrogen (secondary N) is 2. The molecule has 1 amide bonds. The lowest BCUT2D eigenvalue weighted by Gasteiger charge is -2.35. The first-order valence-corrected chi connectivity index (χ1v) is 9.47. The van der Waals surface area contributed by atoms with Crippen molar-refractivity contribution in [2.24, 2.45) is 0 Å². The second-order valence-electron chi connectivity index (χ2n) is 7.41. The first-order chi connectivity index (χ1) is 12.8. The van der Waals surface area contributed by atoms with Crippen molar-refractivity contribution in [2.45, 2.75) is 52.4 Å². The molecule has 1 saturated heterocycles. The largest absolute Gasteiger partial charge is 0.379 e. The lowest BCUT2D eigenvalue weighted by molar-refractivity contribution is -0.384. The van der Waals surface area contributed by atoms with Gasteiger partial charge in [0, 0.05) is 43.9 Å². The predicted molar refractivity (Wildman–Crippen MR) is 105 cm³/mol. The Morgan fingerprint density at radius 2 is 2.00 bits per heavy atom. The number of nitro groups is 1. The standard InChI is InChI=1S/C19H30N4O4/c1-13(2)21-19(24)16-6-7-17(18(10-16)23(25)26)20-8-5-9-22-11-14(3)27-15(4)12-22/h6-7,10,13-15,20H,5,8-9,11-12H2,1-4H3,(H,21,24)/t14-,15-/m0/s1. The van der Waals surface area contributed by atoms with Crippen LogP contribution in [0.15, 0.2) is 18.2 Å². The molecule has 0 saturated carbocycles. The third-order valence-corrected chi connectivity index (χ3v) is 4.34. The van der Waals surface area contributed by atoms with Gasteiger partial charge in [0.1, 0.15) is 5.69 Å². The van der Waals surface area contributed by atoms with Gasteiger partial charge >= 0.3 is 0 Å². The number of hydrogen-bond donors (Lipinski definition) is 2. The summed E-state index contributed by atoms with van der Waals surface area (Å²) in [7, 11) is 0. The van der Waals surface area contributed by atoms with Gasteiger partial charge < -0.3 is 15.4 Å². The maximum absolute atomic E-state index is 12.1. The lowest BCUT2D eigenvalue weighted by Crippen LogP contribution is -2.45. The number of ether oxygens (including phenoxy) is 1. The number of anilines is 1. The molecule has 0 spiro atoms. The van der Waals surface area contributed by atoms with E-state index in [9.17, 15) is 14.9 Å². The van der Waals surface area contributed by atoms with Crippen LogP contribution in [0, 0.1) is 10.1 Å². The van der Waals surface area contributed by atoms with E-state index in [0.29, 0.717) is 12.2 Å². The third-order valence-electron chi connectivity index (χ3n) is 4.34. The Morgan fingerprint density at radius 3 is 2.59 bits per heavy atom. The summed E-state index contributed by atoms with van der Waals surface area (Å²) in [5, 5.41) is 17.3. The fourth-order valence-electron chi connectivity index (χ4n) is 3.31. The van der Waals surface area contributed by atoms with Gasteiger partial charge in [0.25, 0.3) is 11.6 Å². The van der Waals surface area contributed by atoms with Crippen LogP contribution < -0.4 is 10.6 Å². The maximum atomic E-state index is 12.1. The molecule has 0 aliphatic carbocycles. The van der Waals surface area contributed by atoms with Crippen LogP contribution in [0.3, 0.4) is 0 Å². The highest BCUT2D eigenvalue weighted by atomic mass is 16.6. The Labute approximate surface area is 160 Å². The van der Waals surface area contributed by atoms with Crippen LogP contribution in [0.2, 0.25) is 0 Å². The summed E-state index contributed by atoms with van der Waals surface area (Å²) in [5.41, 5.74) is 0.641. The van der Waals surface area contributed by atoms with Gasteiger partial charge in [-0.15, -0.1) is 0 Å². The highest BCUT2D eigenvalue weighted by molar-refractivity contribution is 5.95. The molecule has 1 fully saturated rings. The molecular weight excluding hydrogens is 348 g/mol. The van der Waals surface area contributed by atoms with E-state index in [4.69, 9.17) is 4.74 Å². The fraction of sp³-hybridized carbons (Fsp3) is 0.632. The predicted octanol–water partition coefficient (Wildman–Crippen LogP) is 2.64. The van der Waals surface area contributed by atoms with E-state index < -0.39 is 4.92 Å². The van der Waals surface area contributed by atoms with Crippen LogP contribution in [0.25, 0.3) is 0 Å². The second-order valence-corrected chi connectivity index (χ2v) is 7.41. The van der Waals surface area contributed by atoms with E-state index >= 15 is 0 Å². The summed E-state index contributed by atoms with van der Waals surface area (Å²) in [6, 6.07) is 4.51. The molecule has 1 heterocycles. The number of morpholine rings is 1. The quantitative estimate of drug-likeness (QED) is 0.410. The molecule has 1 aliphatic heterocycles. The minimum Gasteiger partial charge on any atom is -0.379 e. The number of amides is 1. The first-order valence-electron chi connectivity index (χ1n) is 9.47. The molecule has 1 aliphatic rings. The van der Waals surface area contributed by atoms with Crippen molar-refractivity contribution in [3.63, 3.8) is 0 Å². The molecule has 0 radical (unpaired) electrons. The molecule has 1 aromatic carbocycles. The minimum absolute atomic E-state index is 0.0278. The number of nitrogens with zero attached hydrogens (tertiary/aromatic N) is 2. The van der Waals surface area contributed by atoms with Crippen molar-refractivity contribution in [2.75, 3.05) is 31.5 Å². The zero-order chi connectivity index (χ0) is 20.0. The zero-order valence-electron chi connectivity index (χ0n) is 16.5. The van der Waals surface area contributed by atoms with Gasteiger partial charge in [-0.1, -0.05) is 0 Å². The molecule has 0 bridgehead atoms. The highest BCUT2D eigenvalue weighted by Crippen LogP contribution is 2.25. The van der Waals surface area contributed by atoms with E-state index in [0.717, 1.165) is 26.1 Å². The number of hydrogen-bond acceptors (Lipinski definition) is 6. The van der Waals surface area contributed by atoms with Gasteiger partial charge in [0.05, 0.1) is 17.1 Å². The van der Waals surface area contributed by atoms with Crippen LogP contribution in [0.5, 0.6) is 0 Å². The van der Waals surface area contributed by atoms with Crippen LogP contribution in [0.1, 0.15) is 44.5 Å². The molecule has 0 unspecified atom stereocenters. The molecule has 1 aromatic rings. The Morgan fingerprint density at radius 1 is 1.33 bits per heavy atom. The van der Waals surface area contributed by atoms with Gasteiger partial charge in [-0.2, -0.15) is 0 Å². The molecule has 150 valence electrons. The van der Waals surface area contributed by atoms with Crippen molar-refractivity contribution in [3.05, 3.63) is 33.9 Å². The molecule has 27 heavy (non-hydrogen) atoms. The fourth-order valence-corrected chi connectivity index (χ4v) is 3.31. The van der Waals surface area contributed by atoms with Crippen LogP contribution in [0.4, 0.5) is 11.4 Å². The first kappa shape index (κ1) is 21.1. The topological polar surface area (TPSA) is 96.7 Å². The zero-order valence-corrected chi connectivity index (χ0v) is 16.5. The van der Waals surface area contributed by atoms with Crippen molar-refractivity contribution in [3.8, 4) is 0 Å². The smallest absolute Gasteiger partial charge is 0.293 e. The Balaban J connectivity index is 1.91. The van der Waals surface area contributed by atoms with Crippen LogP contribution in [-0.4, -0.2) is 60.2 Å². The summed E-state index contributed by atoms with van der Waals surface area (Å²) in [6.45, 7) is 11.2. The van der Waals surface area contributed by atoms with Gasteiger partial charge in [-0.05, 0) is 46.2 Å². The molecule has 2 N–H and O–H groups in total. The monoisotopic (exact) mass is 378 g/mol. The molecule has 8 heteroatoms. The summed E-state index contributed by atoms with van der Waals surface area (Å²) in [4.78, 5) is 25.3. The van der Waals surface area contributed by atoms with Gasteiger partial charge in [0.15, 0.2) is 0 Å². The summed E-state index contributed by atoms with van der Waals surface area (Å²) in [6.07, 6.45) is 1.33. The van der Waals surface area contributed by atoms with Crippen molar-refractivity contribution in [1.82, 2.24) is 10.2 Å². The summed E-state index contributed by atoms with van der Waals surface area (Å²) < 4.78 is 5.72. The summed E-state index contributed by atoms with van der Waals surface area (Å²) in [5.74, 6) is -0.310. The van der Waals surface area contributed by atoms with Crippen molar-refractivity contribution >= 4 is 17.3 Å². The third kappa shape index (κ3) is 6.48. The van der Waals surface area contributed by atoms with E-state index in [1.807, 2.05) is 13.8 Å². The Hall–Kier alpha value is -2.19. The average molecular weight is 378 g/mol. The van der Waals surface area contributed by atoms with Gasteiger partial charge in [-0.3, -0.25) is 19.8 Å². The SMILES string of the molecule is CC(C)NC(=O)c1ccc(NCCCN2C[C@H](C)O[C@@H](C)C2)c([N+](=O)[O-])c1. The highest BCUT2D eigenvalue weighted by Gasteiger charge is 2.22. The Bertz CT molecular complexity index is 655. The van der Waals surface area contributed by atoms with E-state index in [2.05, 4.69) is 29.4 Å². The minimum atomic E-state index is -0.459. The van der Waals surface area contributed by atoms with E-state index in [-0.39, 0.29) is 35.4 Å². The maximum Gasteiger partial charge on any atom is 0.293 e. The number of carbonyl (C=O) groups is 1. The summed E-state index contributed by atoms with van der Waals surface area (Å²) >= 11 is 0. The number of rotatable bonds is 8. The molecule has 2 rings (SSSR count). The van der Waals surface area contributed by atoms with Gasteiger partial charge in [0.2, 0.25) is 0 Å². The average Bonchev–Trinajstić information content (AvgIpc) is 2.57. The number of carbonyl (C=O) groups excluding carboxylic acids is 1. The van der Waals surface area contributed by atoms with Crippen molar-refractivity contribution in [1.29, 1.82) is 0 Å². The Kier molecular flexibility index (Phi) is 7.55. The molecule has 2 atom stereocenters. The normalized spacial score (nSPS) is 20.5. The van der Waals surface area contributed by atoms with E-state index in [1.165, 1.54) is 6.07 Å². The van der Waals surface area contributed by atoms with Gasteiger partial charge in [-0.25, -0.2) is 0 Å². The number of nitro benzene ring substituents is 1. The van der Waals surface area contributed by atoms with Crippen molar-refractivity contribution < 1.29 is 14.5 Å². The second kappa shape index (κ2) is 9.66. The molecular formula is C19H30N4O4. The number of benzene rings is 1. The molecule has 8 nitrogen and oxygen atoms in total.